The first-order valence-electron chi connectivity index (χ1n) is 3.42. The van der Waals surface area contributed by atoms with Gasteiger partial charge in [-0.3, -0.25) is 0 Å². The zero-order chi connectivity index (χ0) is 8.91. The monoisotopic (exact) mass is 248 g/mol. The summed E-state index contributed by atoms with van der Waals surface area (Å²) in [6.07, 6.45) is 0. The van der Waals surface area contributed by atoms with E-state index in [-0.39, 0.29) is 0 Å². The summed E-state index contributed by atoms with van der Waals surface area (Å²) in [5.74, 6) is 3.11. The molecule has 0 aliphatic carbocycles. The Labute approximate surface area is 84.0 Å². The van der Waals surface area contributed by atoms with E-state index < -0.39 is 8.07 Å². The lowest BCUT2D eigenvalue weighted by atomic mass is 10.4. The highest BCUT2D eigenvalue weighted by molar-refractivity contribution is 9.09. The third-order valence-electron chi connectivity index (χ3n) is 0.898. The van der Waals surface area contributed by atoms with E-state index in [2.05, 4.69) is 59.7 Å². The quantitative estimate of drug-likeness (QED) is 0.314. The van der Waals surface area contributed by atoms with Gasteiger partial charge >= 0.3 is 0 Å². The van der Waals surface area contributed by atoms with Crippen molar-refractivity contribution < 1.29 is 0 Å². The maximum absolute atomic E-state index is 4.05. The molecule has 0 atom stereocenters. The van der Waals surface area contributed by atoms with Crippen LogP contribution in [0.4, 0.5) is 0 Å². The molecule has 0 unspecified atom stereocenters. The predicted octanol–water partition coefficient (Wildman–Crippen LogP) is 3.08. The van der Waals surface area contributed by atoms with Crippen LogP contribution < -0.4 is 0 Å². The molecule has 11 heavy (non-hydrogen) atoms. The molecule has 0 bridgehead atoms. The Morgan fingerprint density at radius 3 is 2.36 bits per heavy atom. The molecule has 62 valence electrons. The lowest BCUT2D eigenvalue weighted by molar-refractivity contribution is 1.66. The van der Waals surface area contributed by atoms with Crippen LogP contribution >= 0.6 is 28.6 Å². The number of thiol groups is 1. The van der Waals surface area contributed by atoms with E-state index >= 15 is 0 Å². The average molecular weight is 249 g/mol. The second-order valence-corrected chi connectivity index (χ2v) is 8.86. The summed E-state index contributed by atoms with van der Waals surface area (Å²) in [4.78, 5) is 0. The minimum absolute atomic E-state index is 0.800. The van der Waals surface area contributed by atoms with E-state index in [0.717, 1.165) is 10.9 Å². The Balaban J connectivity index is 4.29. The third-order valence-corrected chi connectivity index (χ3v) is 2.69. The number of allylic oxidation sites excluding steroid dienone is 1. The van der Waals surface area contributed by atoms with Gasteiger partial charge in [-0.15, -0.1) is 5.54 Å². The molecule has 0 aromatic rings. The summed E-state index contributed by atoms with van der Waals surface area (Å²) in [7, 11) is -1.21. The molecule has 0 radical (unpaired) electrons. The van der Waals surface area contributed by atoms with Crippen molar-refractivity contribution in [2.75, 3.05) is 5.33 Å². The first kappa shape index (κ1) is 11.3. The molecule has 0 rings (SSSR count). The molecule has 0 heterocycles. The van der Waals surface area contributed by atoms with Crippen LogP contribution in [0.2, 0.25) is 19.6 Å². The molecule has 0 N–H and O–H groups in total. The van der Waals surface area contributed by atoms with Gasteiger partial charge in [0.2, 0.25) is 0 Å². The zero-order valence-electron chi connectivity index (χ0n) is 7.11. The molecule has 0 nitrogen and oxygen atoms in total. The van der Waals surface area contributed by atoms with Crippen LogP contribution in [-0.2, 0) is 0 Å². The minimum Gasteiger partial charge on any atom is -0.150 e. The lowest BCUT2D eigenvalue weighted by Crippen LogP contribution is -2.16. The first-order valence-corrected chi connectivity index (χ1v) is 8.56. The molecule has 0 saturated heterocycles. The SMILES string of the molecule is C[Si](C)(C)C#C/C(=C/S)CBr. The van der Waals surface area contributed by atoms with Crippen molar-refractivity contribution in [3.05, 3.63) is 11.0 Å². The van der Waals surface area contributed by atoms with Crippen molar-refractivity contribution >= 4 is 36.6 Å². The second kappa shape index (κ2) is 5.07. The number of rotatable bonds is 1. The molecule has 0 aromatic heterocycles. The summed E-state index contributed by atoms with van der Waals surface area (Å²) in [5, 5.41) is 2.55. The van der Waals surface area contributed by atoms with Gasteiger partial charge < -0.3 is 0 Å². The first-order chi connectivity index (χ1) is 4.99. The summed E-state index contributed by atoms with van der Waals surface area (Å²) >= 11 is 7.39. The maximum atomic E-state index is 4.05. The Morgan fingerprint density at radius 2 is 2.09 bits per heavy atom. The summed E-state index contributed by atoms with van der Waals surface area (Å²) in [5.41, 5.74) is 4.32. The van der Waals surface area contributed by atoms with Gasteiger partial charge in [-0.2, -0.15) is 12.6 Å². The second-order valence-electron chi connectivity index (χ2n) is 3.29. The van der Waals surface area contributed by atoms with Crippen LogP contribution in [0.25, 0.3) is 0 Å². The lowest BCUT2D eigenvalue weighted by Gasteiger charge is -2.03. The zero-order valence-corrected chi connectivity index (χ0v) is 10.6. The fourth-order valence-electron chi connectivity index (χ4n) is 0.368. The largest absolute Gasteiger partial charge is 0.150 e. The van der Waals surface area contributed by atoms with Crippen molar-refractivity contribution in [1.29, 1.82) is 0 Å². The third kappa shape index (κ3) is 6.73. The molecular weight excluding hydrogens is 236 g/mol. The standard InChI is InChI=1S/C8H13BrSSi/c1-11(2,3)5-4-8(6-9)7-10/h7,10H,6H2,1-3H3/b8-7-. The van der Waals surface area contributed by atoms with E-state index in [1.165, 1.54) is 0 Å². The summed E-state index contributed by atoms with van der Waals surface area (Å²) in [6, 6.07) is 0. The van der Waals surface area contributed by atoms with Crippen LogP contribution in [0.1, 0.15) is 0 Å². The van der Waals surface area contributed by atoms with Crippen LogP contribution in [0.15, 0.2) is 11.0 Å². The predicted molar refractivity (Wildman–Crippen MR) is 62.0 cm³/mol. The van der Waals surface area contributed by atoms with Crippen molar-refractivity contribution in [2.45, 2.75) is 19.6 Å². The van der Waals surface area contributed by atoms with Gasteiger partial charge in [0.1, 0.15) is 8.07 Å². The summed E-state index contributed by atoms with van der Waals surface area (Å²) < 4.78 is 0. The van der Waals surface area contributed by atoms with Crippen LogP contribution in [0.5, 0.6) is 0 Å². The van der Waals surface area contributed by atoms with Crippen LogP contribution in [0.3, 0.4) is 0 Å². The van der Waals surface area contributed by atoms with Gasteiger partial charge in [-0.05, 0) is 5.41 Å². The van der Waals surface area contributed by atoms with E-state index in [4.69, 9.17) is 0 Å². The minimum atomic E-state index is -1.21. The Morgan fingerprint density at radius 1 is 1.55 bits per heavy atom. The van der Waals surface area contributed by atoms with E-state index in [1.807, 2.05) is 0 Å². The van der Waals surface area contributed by atoms with Gasteiger partial charge in [-0.1, -0.05) is 41.5 Å². The van der Waals surface area contributed by atoms with Gasteiger partial charge in [-0.25, -0.2) is 0 Å². The van der Waals surface area contributed by atoms with Crippen LogP contribution in [0, 0.1) is 11.5 Å². The highest BCUT2D eigenvalue weighted by atomic mass is 79.9. The highest BCUT2D eigenvalue weighted by Gasteiger charge is 2.07. The molecular formula is C8H13BrSSi. The average Bonchev–Trinajstić information content (AvgIpc) is 1.88. The molecule has 0 aliphatic heterocycles. The van der Waals surface area contributed by atoms with E-state index in [9.17, 15) is 0 Å². The normalized spacial score (nSPS) is 12.3. The maximum Gasteiger partial charge on any atom is 0.129 e. The number of alkyl halides is 1. The molecule has 0 saturated carbocycles. The molecule has 0 aromatic carbocycles. The van der Waals surface area contributed by atoms with Crippen molar-refractivity contribution in [2.24, 2.45) is 0 Å². The van der Waals surface area contributed by atoms with Gasteiger partial charge in [0.05, 0.1) is 0 Å². The number of hydrogen-bond donors (Lipinski definition) is 1. The molecule has 0 aliphatic rings. The number of hydrogen-bond acceptors (Lipinski definition) is 1. The van der Waals surface area contributed by atoms with Crippen molar-refractivity contribution in [3.63, 3.8) is 0 Å². The molecule has 0 spiro atoms. The fraction of sp³-hybridized carbons (Fsp3) is 0.500. The Kier molecular flexibility index (Phi) is 5.23. The highest BCUT2D eigenvalue weighted by Crippen LogP contribution is 2.02. The van der Waals surface area contributed by atoms with Crippen molar-refractivity contribution in [3.8, 4) is 11.5 Å². The smallest absolute Gasteiger partial charge is 0.129 e. The van der Waals surface area contributed by atoms with E-state index in [1.54, 1.807) is 5.41 Å². The summed E-state index contributed by atoms with van der Waals surface area (Å²) in [6.45, 7) is 6.68. The fourth-order valence-corrected chi connectivity index (χ4v) is 1.61. The molecule has 0 amide bonds. The van der Waals surface area contributed by atoms with Gasteiger partial charge in [0.15, 0.2) is 0 Å². The van der Waals surface area contributed by atoms with Crippen LogP contribution in [-0.4, -0.2) is 13.4 Å². The molecule has 0 fully saturated rings. The Hall–Kier alpha value is 0.347. The van der Waals surface area contributed by atoms with E-state index in [0.29, 0.717) is 0 Å². The number of halogens is 1. The van der Waals surface area contributed by atoms with Crippen molar-refractivity contribution in [1.82, 2.24) is 0 Å². The Bertz CT molecular complexity index is 204. The topological polar surface area (TPSA) is 0 Å². The van der Waals surface area contributed by atoms with Gasteiger partial charge in [0.25, 0.3) is 0 Å². The molecule has 3 heteroatoms. The van der Waals surface area contributed by atoms with Gasteiger partial charge in [0, 0.05) is 10.9 Å².